The number of hydrogen-bond donors (Lipinski definition) is 3. The second-order valence-electron chi connectivity index (χ2n) is 8.47. The fourth-order valence-electron chi connectivity index (χ4n) is 3.07. The van der Waals surface area contributed by atoms with Crippen LogP contribution < -0.4 is 16.0 Å². The third-order valence-electron chi connectivity index (χ3n) is 4.57. The number of guanidine groups is 1. The number of nitrogens with zero attached hydrogens (tertiary/aromatic N) is 2. The molecule has 0 aliphatic carbocycles. The van der Waals surface area contributed by atoms with Gasteiger partial charge in [-0.25, -0.2) is 0 Å². The van der Waals surface area contributed by atoms with Gasteiger partial charge in [-0.1, -0.05) is 27.7 Å². The molecule has 0 spiro atoms. The number of piperidine rings is 1. The van der Waals surface area contributed by atoms with Gasteiger partial charge in [-0.2, -0.15) is 0 Å². The molecule has 0 atom stereocenters. The smallest absolute Gasteiger partial charge is 0.234 e. The van der Waals surface area contributed by atoms with Gasteiger partial charge in [0, 0.05) is 38.8 Å². The SMILES string of the molecule is CCCNC(=O)CN1CCC(NC(=NCCCC(C)(C)C)NCC)CC1.I. The number of likely N-dealkylation sites (tertiary alicyclic amines) is 1. The van der Waals surface area contributed by atoms with Gasteiger partial charge in [-0.15, -0.1) is 24.0 Å². The third kappa shape index (κ3) is 13.3. The van der Waals surface area contributed by atoms with E-state index in [1.54, 1.807) is 0 Å². The Morgan fingerprint density at radius 1 is 1.15 bits per heavy atom. The van der Waals surface area contributed by atoms with Crippen molar-refractivity contribution >= 4 is 35.8 Å². The van der Waals surface area contributed by atoms with Crippen molar-refractivity contribution in [2.75, 3.05) is 39.3 Å². The Labute approximate surface area is 183 Å². The minimum atomic E-state index is 0. The molecule has 27 heavy (non-hydrogen) atoms. The molecular weight excluding hydrogens is 453 g/mol. The van der Waals surface area contributed by atoms with Crippen LogP contribution in [0.4, 0.5) is 0 Å². The summed E-state index contributed by atoms with van der Waals surface area (Å²) in [7, 11) is 0. The van der Waals surface area contributed by atoms with E-state index < -0.39 is 0 Å². The maximum Gasteiger partial charge on any atom is 0.234 e. The zero-order valence-corrected chi connectivity index (χ0v) is 20.4. The van der Waals surface area contributed by atoms with Crippen molar-refractivity contribution < 1.29 is 4.79 Å². The van der Waals surface area contributed by atoms with Crippen LogP contribution in [-0.2, 0) is 4.79 Å². The van der Waals surface area contributed by atoms with Gasteiger partial charge in [-0.3, -0.25) is 14.7 Å². The molecule has 3 N–H and O–H groups in total. The molecule has 1 fully saturated rings. The quantitative estimate of drug-likeness (QED) is 0.199. The molecule has 0 saturated carbocycles. The Bertz CT molecular complexity index is 429. The number of carbonyl (C=O) groups is 1. The minimum Gasteiger partial charge on any atom is -0.357 e. The summed E-state index contributed by atoms with van der Waals surface area (Å²) in [4.78, 5) is 18.8. The van der Waals surface area contributed by atoms with E-state index in [0.717, 1.165) is 64.4 Å². The van der Waals surface area contributed by atoms with Gasteiger partial charge in [0.05, 0.1) is 6.54 Å². The van der Waals surface area contributed by atoms with Gasteiger partial charge in [0.2, 0.25) is 5.91 Å². The molecule has 0 bridgehead atoms. The number of amides is 1. The molecule has 1 aliphatic heterocycles. The van der Waals surface area contributed by atoms with Crippen molar-refractivity contribution in [2.45, 2.75) is 72.8 Å². The number of halogens is 1. The first-order chi connectivity index (χ1) is 12.3. The first-order valence-corrected chi connectivity index (χ1v) is 10.4. The zero-order chi connectivity index (χ0) is 19.4. The Morgan fingerprint density at radius 3 is 2.37 bits per heavy atom. The molecule has 6 nitrogen and oxygen atoms in total. The lowest BCUT2D eigenvalue weighted by molar-refractivity contribution is -0.122. The van der Waals surface area contributed by atoms with Crippen molar-refractivity contribution in [1.29, 1.82) is 0 Å². The fraction of sp³-hybridized carbons (Fsp3) is 0.900. The third-order valence-corrected chi connectivity index (χ3v) is 4.57. The van der Waals surface area contributed by atoms with Crippen molar-refractivity contribution in [3.05, 3.63) is 0 Å². The van der Waals surface area contributed by atoms with Crippen LogP contribution in [0, 0.1) is 5.41 Å². The number of hydrogen-bond acceptors (Lipinski definition) is 3. The lowest BCUT2D eigenvalue weighted by atomic mass is 9.91. The summed E-state index contributed by atoms with van der Waals surface area (Å²) in [6.45, 7) is 15.9. The van der Waals surface area contributed by atoms with Gasteiger partial charge < -0.3 is 16.0 Å². The van der Waals surface area contributed by atoms with E-state index in [1.807, 2.05) is 0 Å². The molecule has 1 aliphatic rings. The van der Waals surface area contributed by atoms with Crippen molar-refractivity contribution in [2.24, 2.45) is 10.4 Å². The molecule has 160 valence electrons. The molecule has 0 aromatic carbocycles. The number of carbonyl (C=O) groups excluding carboxylic acids is 1. The van der Waals surface area contributed by atoms with Crippen molar-refractivity contribution in [3.8, 4) is 0 Å². The topological polar surface area (TPSA) is 68.8 Å². The van der Waals surface area contributed by atoms with Gasteiger partial charge in [0.15, 0.2) is 5.96 Å². The highest BCUT2D eigenvalue weighted by Gasteiger charge is 2.21. The maximum atomic E-state index is 11.8. The number of aliphatic imine (C=N–C) groups is 1. The van der Waals surface area contributed by atoms with Crippen LogP contribution in [0.3, 0.4) is 0 Å². The van der Waals surface area contributed by atoms with Gasteiger partial charge in [0.25, 0.3) is 0 Å². The Balaban J connectivity index is 0.00000676. The Hall–Kier alpha value is -0.570. The van der Waals surface area contributed by atoms with Crippen LogP contribution in [0.5, 0.6) is 0 Å². The average molecular weight is 495 g/mol. The molecule has 1 rings (SSSR count). The van der Waals surface area contributed by atoms with Gasteiger partial charge in [-0.05, 0) is 44.4 Å². The molecule has 1 heterocycles. The largest absolute Gasteiger partial charge is 0.357 e. The second-order valence-corrected chi connectivity index (χ2v) is 8.47. The Morgan fingerprint density at radius 2 is 1.81 bits per heavy atom. The van der Waals surface area contributed by atoms with Gasteiger partial charge >= 0.3 is 0 Å². The standard InChI is InChI=1S/C20H41N5O.HI/c1-6-12-22-18(26)16-25-14-9-17(10-15-25)24-19(21-7-2)23-13-8-11-20(3,4)5;/h17H,6-16H2,1-5H3,(H,22,26)(H2,21,23,24);1H. The van der Waals surface area contributed by atoms with Crippen molar-refractivity contribution in [1.82, 2.24) is 20.9 Å². The molecular formula is C20H42IN5O. The second kappa shape index (κ2) is 14.4. The van der Waals surface area contributed by atoms with E-state index in [4.69, 9.17) is 4.99 Å². The summed E-state index contributed by atoms with van der Waals surface area (Å²) in [5, 5.41) is 9.88. The van der Waals surface area contributed by atoms with Crippen LogP contribution in [-0.4, -0.2) is 62.1 Å². The van der Waals surface area contributed by atoms with E-state index in [9.17, 15) is 4.79 Å². The minimum absolute atomic E-state index is 0. The highest BCUT2D eigenvalue weighted by Crippen LogP contribution is 2.20. The summed E-state index contributed by atoms with van der Waals surface area (Å²) in [6, 6.07) is 0.436. The maximum absolute atomic E-state index is 11.8. The van der Waals surface area contributed by atoms with E-state index in [0.29, 0.717) is 18.0 Å². The zero-order valence-electron chi connectivity index (χ0n) is 18.1. The molecule has 0 unspecified atom stereocenters. The van der Waals surface area contributed by atoms with Crippen LogP contribution in [0.15, 0.2) is 4.99 Å². The first-order valence-electron chi connectivity index (χ1n) is 10.4. The average Bonchev–Trinajstić information content (AvgIpc) is 2.58. The van der Waals surface area contributed by atoms with Crippen LogP contribution in [0.1, 0.15) is 66.7 Å². The molecule has 0 aromatic heterocycles. The molecule has 1 amide bonds. The summed E-state index contributed by atoms with van der Waals surface area (Å²) >= 11 is 0. The highest BCUT2D eigenvalue weighted by atomic mass is 127. The lowest BCUT2D eigenvalue weighted by Crippen LogP contribution is -2.50. The fourth-order valence-corrected chi connectivity index (χ4v) is 3.07. The molecule has 7 heteroatoms. The summed E-state index contributed by atoms with van der Waals surface area (Å²) in [6.07, 6.45) is 5.39. The Kier molecular flexibility index (Phi) is 14.1. The first kappa shape index (κ1) is 26.4. The normalized spacial score (nSPS) is 16.6. The molecule has 1 saturated heterocycles. The van der Waals surface area contributed by atoms with E-state index in [1.165, 1.54) is 6.42 Å². The molecule has 0 radical (unpaired) electrons. The summed E-state index contributed by atoms with van der Waals surface area (Å²) < 4.78 is 0. The van der Waals surface area contributed by atoms with Crippen LogP contribution in [0.25, 0.3) is 0 Å². The van der Waals surface area contributed by atoms with E-state index in [2.05, 4.69) is 55.5 Å². The van der Waals surface area contributed by atoms with E-state index in [-0.39, 0.29) is 29.9 Å². The highest BCUT2D eigenvalue weighted by molar-refractivity contribution is 14.0. The van der Waals surface area contributed by atoms with Crippen molar-refractivity contribution in [3.63, 3.8) is 0 Å². The van der Waals surface area contributed by atoms with Crippen LogP contribution in [0.2, 0.25) is 0 Å². The summed E-state index contributed by atoms with van der Waals surface area (Å²) in [5.74, 6) is 1.08. The monoisotopic (exact) mass is 495 g/mol. The van der Waals surface area contributed by atoms with Gasteiger partial charge in [0.1, 0.15) is 0 Å². The predicted octanol–water partition coefficient (Wildman–Crippen LogP) is 2.98. The van der Waals surface area contributed by atoms with Crippen LogP contribution >= 0.6 is 24.0 Å². The predicted molar refractivity (Wildman–Crippen MR) is 126 cm³/mol. The lowest BCUT2D eigenvalue weighted by Gasteiger charge is -2.32. The van der Waals surface area contributed by atoms with E-state index >= 15 is 0 Å². The number of nitrogens with one attached hydrogen (secondary N) is 3. The molecule has 0 aromatic rings. The summed E-state index contributed by atoms with van der Waals surface area (Å²) in [5.41, 5.74) is 0.373. The number of rotatable bonds is 9.